The molecule has 0 aromatic heterocycles. The number of nitrogens with one attached hydrogen (secondary N) is 1. The van der Waals surface area contributed by atoms with Crippen molar-refractivity contribution in [2.24, 2.45) is 0 Å². The second kappa shape index (κ2) is 6.20. The van der Waals surface area contributed by atoms with E-state index in [0.29, 0.717) is 12.8 Å². The number of fused-ring (bicyclic) bond motifs is 1. The molecule has 1 aliphatic rings. The lowest BCUT2D eigenvalue weighted by Crippen LogP contribution is -2.20. The number of hydrogen-bond acceptors (Lipinski definition) is 3. The van der Waals surface area contributed by atoms with Gasteiger partial charge in [-0.1, -0.05) is 30.3 Å². The molecular formula is C18H19NO3. The van der Waals surface area contributed by atoms with Crippen LogP contribution in [0, 0.1) is 6.92 Å². The van der Waals surface area contributed by atoms with E-state index >= 15 is 0 Å². The molecule has 2 aromatic carbocycles. The fourth-order valence-corrected chi connectivity index (χ4v) is 2.70. The molecule has 2 N–H and O–H groups in total. The molecule has 114 valence electrons. The molecule has 4 nitrogen and oxygen atoms in total. The minimum absolute atomic E-state index is 0.0521. The Bertz CT molecular complexity index is 682. The molecule has 0 radical (unpaired) electrons. The number of anilines is 1. The molecule has 2 aromatic rings. The predicted molar refractivity (Wildman–Crippen MR) is 85.0 cm³/mol. The van der Waals surface area contributed by atoms with Crippen LogP contribution in [0.3, 0.4) is 0 Å². The number of amides is 1. The van der Waals surface area contributed by atoms with Crippen molar-refractivity contribution >= 4 is 11.6 Å². The highest BCUT2D eigenvalue weighted by molar-refractivity contribution is 5.94. The highest BCUT2D eigenvalue weighted by Gasteiger charge is 2.19. The summed E-state index contributed by atoms with van der Waals surface area (Å²) < 4.78 is 5.60. The van der Waals surface area contributed by atoms with Crippen molar-refractivity contribution in [3.63, 3.8) is 0 Å². The fourth-order valence-electron chi connectivity index (χ4n) is 2.70. The predicted octanol–water partition coefficient (Wildman–Crippen LogP) is 2.99. The molecule has 22 heavy (non-hydrogen) atoms. The first-order chi connectivity index (χ1) is 10.6. The molecule has 1 aliphatic heterocycles. The topological polar surface area (TPSA) is 58.6 Å². The van der Waals surface area contributed by atoms with Crippen molar-refractivity contribution in [3.8, 4) is 5.75 Å². The quantitative estimate of drug-likeness (QED) is 0.912. The van der Waals surface area contributed by atoms with E-state index in [4.69, 9.17) is 4.74 Å². The van der Waals surface area contributed by atoms with Crippen LogP contribution in [0.2, 0.25) is 0 Å². The Labute approximate surface area is 129 Å². The number of para-hydroxylation sites is 1. The van der Waals surface area contributed by atoms with Crippen LogP contribution < -0.4 is 10.1 Å². The zero-order chi connectivity index (χ0) is 15.5. The van der Waals surface area contributed by atoms with Crippen LogP contribution in [0.5, 0.6) is 5.75 Å². The Morgan fingerprint density at radius 2 is 2.00 bits per heavy atom. The standard InChI is InChI=1S/C18H19NO3/c1-12-9-14(10-13-7-8-17(21)19-18(12)13)16(20)11-22-15-5-3-2-4-6-15/h2-6,9-10,16,20H,7-8,11H2,1H3,(H,19,21). The minimum atomic E-state index is -0.693. The van der Waals surface area contributed by atoms with Crippen molar-refractivity contribution in [2.45, 2.75) is 25.9 Å². The van der Waals surface area contributed by atoms with Gasteiger partial charge in [-0.15, -0.1) is 0 Å². The van der Waals surface area contributed by atoms with Crippen LogP contribution in [0.4, 0.5) is 5.69 Å². The van der Waals surface area contributed by atoms with Crippen LogP contribution >= 0.6 is 0 Å². The molecule has 1 heterocycles. The van der Waals surface area contributed by atoms with E-state index in [1.54, 1.807) is 0 Å². The van der Waals surface area contributed by atoms with E-state index in [0.717, 1.165) is 28.1 Å². The number of aliphatic hydroxyl groups excluding tert-OH is 1. The number of aliphatic hydroxyl groups is 1. The molecule has 0 fully saturated rings. The van der Waals surface area contributed by atoms with E-state index in [2.05, 4.69) is 5.32 Å². The lowest BCUT2D eigenvalue weighted by molar-refractivity contribution is -0.116. The third-order valence-corrected chi connectivity index (χ3v) is 3.86. The zero-order valence-corrected chi connectivity index (χ0v) is 12.5. The highest BCUT2D eigenvalue weighted by atomic mass is 16.5. The highest BCUT2D eigenvalue weighted by Crippen LogP contribution is 2.30. The summed E-state index contributed by atoms with van der Waals surface area (Å²) in [5.74, 6) is 0.791. The van der Waals surface area contributed by atoms with Crippen LogP contribution in [-0.2, 0) is 11.2 Å². The lowest BCUT2D eigenvalue weighted by Gasteiger charge is -2.22. The Balaban J connectivity index is 1.74. The van der Waals surface area contributed by atoms with Gasteiger partial charge < -0.3 is 15.2 Å². The monoisotopic (exact) mass is 297 g/mol. The number of carbonyl (C=O) groups excluding carboxylic acids is 1. The zero-order valence-electron chi connectivity index (χ0n) is 12.5. The van der Waals surface area contributed by atoms with E-state index in [-0.39, 0.29) is 12.5 Å². The maximum Gasteiger partial charge on any atom is 0.224 e. The van der Waals surface area contributed by atoms with E-state index in [1.165, 1.54) is 0 Å². The van der Waals surface area contributed by atoms with Gasteiger partial charge in [-0.25, -0.2) is 0 Å². The molecule has 0 bridgehead atoms. The first-order valence-corrected chi connectivity index (χ1v) is 7.42. The second-order valence-electron chi connectivity index (χ2n) is 5.56. The summed E-state index contributed by atoms with van der Waals surface area (Å²) in [5.41, 5.74) is 3.76. The van der Waals surface area contributed by atoms with Gasteiger partial charge in [0.25, 0.3) is 0 Å². The van der Waals surface area contributed by atoms with Gasteiger partial charge in [0.2, 0.25) is 5.91 Å². The van der Waals surface area contributed by atoms with Gasteiger partial charge in [-0.3, -0.25) is 4.79 Å². The van der Waals surface area contributed by atoms with E-state index in [9.17, 15) is 9.90 Å². The fraction of sp³-hybridized carbons (Fsp3) is 0.278. The second-order valence-corrected chi connectivity index (χ2v) is 5.56. The Kier molecular flexibility index (Phi) is 4.11. The lowest BCUT2D eigenvalue weighted by atomic mass is 9.95. The largest absolute Gasteiger partial charge is 0.491 e. The molecule has 1 amide bonds. The summed E-state index contributed by atoms with van der Waals surface area (Å²) >= 11 is 0. The number of ether oxygens (including phenoxy) is 1. The van der Waals surface area contributed by atoms with Crippen LogP contribution in [0.1, 0.15) is 29.2 Å². The average molecular weight is 297 g/mol. The summed E-state index contributed by atoms with van der Waals surface area (Å²) in [4.78, 5) is 11.5. The summed E-state index contributed by atoms with van der Waals surface area (Å²) in [6.07, 6.45) is 0.510. The summed E-state index contributed by atoms with van der Waals surface area (Å²) in [6, 6.07) is 13.3. The maximum absolute atomic E-state index is 11.5. The van der Waals surface area contributed by atoms with Crippen molar-refractivity contribution in [2.75, 3.05) is 11.9 Å². The number of hydrogen-bond donors (Lipinski definition) is 2. The molecule has 1 unspecified atom stereocenters. The van der Waals surface area contributed by atoms with Gasteiger partial charge in [-0.2, -0.15) is 0 Å². The Morgan fingerprint density at radius 1 is 1.23 bits per heavy atom. The Morgan fingerprint density at radius 3 is 2.77 bits per heavy atom. The van der Waals surface area contributed by atoms with Gasteiger partial charge in [0.15, 0.2) is 0 Å². The molecule has 0 spiro atoms. The third-order valence-electron chi connectivity index (χ3n) is 3.86. The van der Waals surface area contributed by atoms with E-state index < -0.39 is 6.10 Å². The number of benzene rings is 2. The third kappa shape index (κ3) is 3.12. The van der Waals surface area contributed by atoms with Crippen LogP contribution in [-0.4, -0.2) is 17.6 Å². The van der Waals surface area contributed by atoms with Crippen molar-refractivity contribution in [3.05, 3.63) is 59.2 Å². The SMILES string of the molecule is Cc1cc(C(O)COc2ccccc2)cc2c1NC(=O)CC2. The maximum atomic E-state index is 11.5. The van der Waals surface area contributed by atoms with Gasteiger partial charge in [-0.05, 0) is 42.2 Å². The molecule has 0 aliphatic carbocycles. The molecule has 0 saturated carbocycles. The van der Waals surface area contributed by atoms with Crippen molar-refractivity contribution in [1.29, 1.82) is 0 Å². The van der Waals surface area contributed by atoms with Gasteiger partial charge in [0.1, 0.15) is 18.5 Å². The summed E-state index contributed by atoms with van der Waals surface area (Å²) in [7, 11) is 0. The molecule has 0 saturated heterocycles. The van der Waals surface area contributed by atoms with Crippen LogP contribution in [0.25, 0.3) is 0 Å². The van der Waals surface area contributed by atoms with Crippen LogP contribution in [0.15, 0.2) is 42.5 Å². The molecule has 3 rings (SSSR count). The molecular weight excluding hydrogens is 278 g/mol. The summed E-state index contributed by atoms with van der Waals surface area (Å²) in [6.45, 7) is 2.15. The average Bonchev–Trinajstić information content (AvgIpc) is 2.54. The molecule has 4 heteroatoms. The number of rotatable bonds is 4. The normalized spacial score (nSPS) is 14.9. The number of aryl methyl sites for hydroxylation is 2. The van der Waals surface area contributed by atoms with Gasteiger partial charge >= 0.3 is 0 Å². The smallest absolute Gasteiger partial charge is 0.224 e. The van der Waals surface area contributed by atoms with E-state index in [1.807, 2.05) is 49.4 Å². The first-order valence-electron chi connectivity index (χ1n) is 7.42. The van der Waals surface area contributed by atoms with Gasteiger partial charge in [0.05, 0.1) is 0 Å². The first kappa shape index (κ1) is 14.6. The van der Waals surface area contributed by atoms with Gasteiger partial charge in [0, 0.05) is 12.1 Å². The Hall–Kier alpha value is -2.33. The van der Waals surface area contributed by atoms with Crippen molar-refractivity contribution < 1.29 is 14.6 Å². The summed E-state index contributed by atoms with van der Waals surface area (Å²) in [5, 5.41) is 13.2. The van der Waals surface area contributed by atoms with Crippen molar-refractivity contribution in [1.82, 2.24) is 0 Å². The minimum Gasteiger partial charge on any atom is -0.491 e. The molecule has 1 atom stereocenters. The number of carbonyl (C=O) groups is 1.